The average molecular weight is 513 g/mol. The van der Waals surface area contributed by atoms with Gasteiger partial charge in [0.2, 0.25) is 4.77 Å². The van der Waals surface area contributed by atoms with Crippen LogP contribution in [0.5, 0.6) is 0 Å². The van der Waals surface area contributed by atoms with Crippen molar-refractivity contribution in [1.29, 1.82) is 0 Å². The van der Waals surface area contributed by atoms with Crippen LogP contribution >= 0.6 is 23.8 Å². The molecule has 0 unspecified atom stereocenters. The van der Waals surface area contributed by atoms with Gasteiger partial charge in [0.15, 0.2) is 0 Å². The molecule has 1 saturated heterocycles. The van der Waals surface area contributed by atoms with Gasteiger partial charge in [-0.05, 0) is 36.0 Å². The van der Waals surface area contributed by atoms with E-state index in [4.69, 9.17) is 23.8 Å². The van der Waals surface area contributed by atoms with Crippen LogP contribution in [0.3, 0.4) is 0 Å². The monoisotopic (exact) mass is 512 g/mol. The van der Waals surface area contributed by atoms with E-state index in [0.29, 0.717) is 22.8 Å². The Bertz CT molecular complexity index is 1210. The van der Waals surface area contributed by atoms with Crippen LogP contribution in [0.1, 0.15) is 17.0 Å². The van der Waals surface area contributed by atoms with Gasteiger partial charge < -0.3 is 0 Å². The summed E-state index contributed by atoms with van der Waals surface area (Å²) in [7, 11) is 0. The maximum atomic E-state index is 13.8. The number of rotatable bonds is 6. The molecule has 180 valence electrons. The predicted molar refractivity (Wildman–Crippen MR) is 124 cm³/mol. The number of alkyl halides is 3. The van der Waals surface area contributed by atoms with E-state index in [2.05, 4.69) is 15.1 Å². The van der Waals surface area contributed by atoms with Crippen LogP contribution in [-0.4, -0.2) is 56.7 Å². The van der Waals surface area contributed by atoms with Crippen LogP contribution in [0, 0.1) is 10.6 Å². The lowest BCUT2D eigenvalue weighted by Gasteiger charge is -2.34. The number of benzene rings is 2. The Morgan fingerprint density at radius 3 is 2.29 bits per heavy atom. The molecule has 0 bridgehead atoms. The van der Waals surface area contributed by atoms with Gasteiger partial charge in [0, 0.05) is 43.3 Å². The quantitative estimate of drug-likeness (QED) is 0.268. The maximum Gasteiger partial charge on any atom is 0.453 e. The second kappa shape index (κ2) is 10.3. The molecule has 6 nitrogen and oxygen atoms in total. The highest BCUT2D eigenvalue weighted by molar-refractivity contribution is 7.71. The highest BCUT2D eigenvalue weighted by Gasteiger charge is 2.39. The SMILES string of the molecule is Fc1ccccc1/C=N/n1c(C(F)(F)F)nn(CN2CCN(Cc3ccc(Cl)cc3)CC2)c1=S. The van der Waals surface area contributed by atoms with Gasteiger partial charge in [0.25, 0.3) is 5.82 Å². The zero-order valence-electron chi connectivity index (χ0n) is 17.9. The van der Waals surface area contributed by atoms with Gasteiger partial charge in [0.1, 0.15) is 5.82 Å². The molecule has 3 aromatic rings. The van der Waals surface area contributed by atoms with Crippen molar-refractivity contribution in [1.82, 2.24) is 24.3 Å². The van der Waals surface area contributed by atoms with E-state index in [1.807, 2.05) is 29.2 Å². The summed E-state index contributed by atoms with van der Waals surface area (Å²) in [5.74, 6) is -1.86. The van der Waals surface area contributed by atoms with Crippen LogP contribution < -0.4 is 0 Å². The molecule has 0 saturated carbocycles. The number of hydrogen-bond donors (Lipinski definition) is 0. The topological polar surface area (TPSA) is 41.6 Å². The summed E-state index contributed by atoms with van der Waals surface area (Å²) in [6.07, 6.45) is -3.77. The summed E-state index contributed by atoms with van der Waals surface area (Å²) in [4.78, 5) is 4.24. The van der Waals surface area contributed by atoms with Crippen molar-refractivity contribution in [2.75, 3.05) is 26.2 Å². The molecule has 34 heavy (non-hydrogen) atoms. The van der Waals surface area contributed by atoms with E-state index >= 15 is 0 Å². The first-order valence-electron chi connectivity index (χ1n) is 10.5. The molecule has 12 heteroatoms. The Hall–Kier alpha value is -2.60. The molecule has 1 aliphatic heterocycles. The van der Waals surface area contributed by atoms with Crippen LogP contribution in [0.15, 0.2) is 53.6 Å². The van der Waals surface area contributed by atoms with Gasteiger partial charge in [0.05, 0.1) is 12.9 Å². The number of hydrogen-bond acceptors (Lipinski definition) is 5. The third kappa shape index (κ3) is 5.90. The van der Waals surface area contributed by atoms with Crippen molar-refractivity contribution in [3.05, 3.63) is 81.1 Å². The molecule has 0 radical (unpaired) electrons. The molecule has 0 amide bonds. The molecule has 1 aliphatic rings. The van der Waals surface area contributed by atoms with Crippen molar-refractivity contribution in [2.24, 2.45) is 5.10 Å². The van der Waals surface area contributed by atoms with Gasteiger partial charge in [-0.25, -0.2) is 9.07 Å². The average Bonchev–Trinajstić information content (AvgIpc) is 3.12. The van der Waals surface area contributed by atoms with Crippen molar-refractivity contribution in [3.63, 3.8) is 0 Å². The van der Waals surface area contributed by atoms with Crippen LogP contribution in [0.25, 0.3) is 0 Å². The Morgan fingerprint density at radius 2 is 1.65 bits per heavy atom. The molecule has 0 N–H and O–H groups in total. The molecule has 0 spiro atoms. The lowest BCUT2D eigenvalue weighted by Crippen LogP contribution is -2.46. The normalized spacial score (nSPS) is 15.9. The zero-order valence-corrected chi connectivity index (χ0v) is 19.5. The van der Waals surface area contributed by atoms with Gasteiger partial charge >= 0.3 is 6.18 Å². The summed E-state index contributed by atoms with van der Waals surface area (Å²) in [6.45, 7) is 3.63. The summed E-state index contributed by atoms with van der Waals surface area (Å²) in [6, 6.07) is 13.3. The van der Waals surface area contributed by atoms with Crippen LogP contribution in [0.2, 0.25) is 5.02 Å². The van der Waals surface area contributed by atoms with E-state index in [-0.39, 0.29) is 17.0 Å². The third-order valence-corrected chi connectivity index (χ3v) is 6.04. The Labute approximate surface area is 203 Å². The van der Waals surface area contributed by atoms with Crippen molar-refractivity contribution < 1.29 is 17.6 Å². The maximum absolute atomic E-state index is 13.8. The van der Waals surface area contributed by atoms with E-state index in [9.17, 15) is 17.6 Å². The van der Waals surface area contributed by atoms with Crippen molar-refractivity contribution in [2.45, 2.75) is 19.4 Å². The highest BCUT2D eigenvalue weighted by Crippen LogP contribution is 2.28. The third-order valence-electron chi connectivity index (χ3n) is 5.41. The highest BCUT2D eigenvalue weighted by atomic mass is 35.5. The zero-order chi connectivity index (χ0) is 24.3. The number of aromatic nitrogens is 3. The molecule has 1 aromatic heterocycles. The summed E-state index contributed by atoms with van der Waals surface area (Å²) >= 11 is 11.2. The number of piperazine rings is 1. The fourth-order valence-electron chi connectivity index (χ4n) is 3.60. The largest absolute Gasteiger partial charge is 0.453 e. The Balaban J connectivity index is 1.46. The lowest BCUT2D eigenvalue weighted by molar-refractivity contribution is -0.147. The fourth-order valence-corrected chi connectivity index (χ4v) is 3.96. The van der Waals surface area contributed by atoms with E-state index < -0.39 is 17.8 Å². The molecular weight excluding hydrogens is 492 g/mol. The smallest absolute Gasteiger partial charge is 0.297 e. The first-order chi connectivity index (χ1) is 16.2. The Kier molecular flexibility index (Phi) is 7.46. The summed E-state index contributed by atoms with van der Waals surface area (Å²) < 4.78 is 56.0. The lowest BCUT2D eigenvalue weighted by atomic mass is 10.2. The first-order valence-corrected chi connectivity index (χ1v) is 11.2. The Morgan fingerprint density at radius 1 is 1.00 bits per heavy atom. The molecule has 1 fully saturated rings. The standard InChI is InChI=1S/C22H21ClF4N6S/c23-18-7-5-16(6-8-18)14-30-9-11-31(12-10-30)15-32-21(34)33(20(29-32)22(25,26)27)28-13-17-3-1-2-4-19(17)24/h1-8,13H,9-12,14-15H2/b28-13+. The van der Waals surface area contributed by atoms with E-state index in [1.165, 1.54) is 18.2 Å². The van der Waals surface area contributed by atoms with E-state index in [1.54, 1.807) is 6.07 Å². The molecule has 0 aliphatic carbocycles. The predicted octanol–water partition coefficient (Wildman–Crippen LogP) is 4.88. The molecule has 2 heterocycles. The van der Waals surface area contributed by atoms with Crippen molar-refractivity contribution >= 4 is 30.0 Å². The number of halogens is 5. The molecule has 0 atom stereocenters. The van der Waals surface area contributed by atoms with Gasteiger partial charge in [-0.15, -0.1) is 5.10 Å². The van der Waals surface area contributed by atoms with Gasteiger partial charge in [-0.3, -0.25) is 9.80 Å². The first kappa shape index (κ1) is 24.5. The second-order valence-electron chi connectivity index (χ2n) is 7.84. The minimum Gasteiger partial charge on any atom is -0.297 e. The summed E-state index contributed by atoms with van der Waals surface area (Å²) in [5, 5.41) is 8.15. The minimum absolute atomic E-state index is 0.0436. The van der Waals surface area contributed by atoms with Gasteiger partial charge in [-0.2, -0.15) is 22.9 Å². The van der Waals surface area contributed by atoms with Crippen LogP contribution in [0.4, 0.5) is 17.6 Å². The molecular formula is C22H21ClF4N6S. The van der Waals surface area contributed by atoms with Crippen LogP contribution in [-0.2, 0) is 19.4 Å². The molecule has 4 rings (SSSR count). The van der Waals surface area contributed by atoms with Gasteiger partial charge in [-0.1, -0.05) is 41.9 Å². The van der Waals surface area contributed by atoms with Crippen molar-refractivity contribution in [3.8, 4) is 0 Å². The fraction of sp³-hybridized carbons (Fsp3) is 0.318. The van der Waals surface area contributed by atoms with E-state index in [0.717, 1.165) is 36.1 Å². The minimum atomic E-state index is -4.78. The number of nitrogens with zero attached hydrogens (tertiary/aromatic N) is 6. The molecule has 2 aromatic carbocycles. The summed E-state index contributed by atoms with van der Waals surface area (Å²) in [5.41, 5.74) is 1.18. The second-order valence-corrected chi connectivity index (χ2v) is 8.65.